The van der Waals surface area contributed by atoms with Crippen LogP contribution >= 0.6 is 23.5 Å². The van der Waals surface area contributed by atoms with Crippen molar-refractivity contribution in [3.8, 4) is 0 Å². The number of hydrogen-bond acceptors (Lipinski definition) is 2. The highest BCUT2D eigenvalue weighted by atomic mass is 32.2. The van der Waals surface area contributed by atoms with E-state index in [2.05, 4.69) is 57.6 Å². The van der Waals surface area contributed by atoms with E-state index in [-0.39, 0.29) is 0 Å². The minimum Gasteiger partial charge on any atom is -0.159 e. The van der Waals surface area contributed by atoms with E-state index < -0.39 is 0 Å². The maximum absolute atomic E-state index is 2.49. The summed E-state index contributed by atoms with van der Waals surface area (Å²) in [5.74, 6) is 2.66. The van der Waals surface area contributed by atoms with Crippen LogP contribution in [0.1, 0.15) is 59.8 Å². The molecule has 0 aromatic carbocycles. The highest BCUT2D eigenvalue weighted by molar-refractivity contribution is 8.00. The average Bonchev–Trinajstić information content (AvgIpc) is 2.24. The van der Waals surface area contributed by atoms with E-state index in [1.54, 1.807) is 0 Å². The van der Waals surface area contributed by atoms with E-state index in [0.29, 0.717) is 0 Å². The van der Waals surface area contributed by atoms with Crippen molar-refractivity contribution in [3.63, 3.8) is 0 Å². The molecule has 0 saturated heterocycles. The summed E-state index contributed by atoms with van der Waals surface area (Å²) in [5, 5.41) is 1.62. The Labute approximate surface area is 112 Å². The van der Waals surface area contributed by atoms with Crippen molar-refractivity contribution in [2.45, 2.75) is 70.3 Å². The number of thioether (sulfide) groups is 2. The Hall–Kier alpha value is 0.700. The lowest BCUT2D eigenvalue weighted by Crippen LogP contribution is -1.98. The summed E-state index contributed by atoms with van der Waals surface area (Å²) in [4.78, 5) is 0. The van der Waals surface area contributed by atoms with Crippen molar-refractivity contribution in [3.05, 3.63) is 6.42 Å². The molecule has 0 amide bonds. The van der Waals surface area contributed by atoms with E-state index in [1.807, 2.05) is 0 Å². The fourth-order valence-electron chi connectivity index (χ4n) is 1.45. The molecule has 0 bridgehead atoms. The molecule has 0 saturated carbocycles. The van der Waals surface area contributed by atoms with Crippen molar-refractivity contribution in [2.24, 2.45) is 0 Å². The van der Waals surface area contributed by atoms with Crippen LogP contribution in [-0.4, -0.2) is 22.0 Å². The summed E-state index contributed by atoms with van der Waals surface area (Å²) < 4.78 is 0. The lowest BCUT2D eigenvalue weighted by Gasteiger charge is -2.09. The molecule has 2 heteroatoms. The topological polar surface area (TPSA) is 0 Å². The lowest BCUT2D eigenvalue weighted by molar-refractivity contribution is 0.746. The van der Waals surface area contributed by atoms with E-state index in [4.69, 9.17) is 0 Å². The van der Waals surface area contributed by atoms with Gasteiger partial charge in [0.15, 0.2) is 0 Å². The Bertz CT molecular complexity index is 135. The second-order valence-electron chi connectivity index (χ2n) is 4.62. The second kappa shape index (κ2) is 12.2. The minimum absolute atomic E-state index is 0.800. The molecule has 0 fully saturated rings. The van der Waals surface area contributed by atoms with Crippen LogP contribution in [0.25, 0.3) is 0 Å². The van der Waals surface area contributed by atoms with E-state index in [9.17, 15) is 0 Å². The third kappa shape index (κ3) is 12.8. The first kappa shape index (κ1) is 16.7. The Balaban J connectivity index is 3.08. The highest BCUT2D eigenvalue weighted by Crippen LogP contribution is 2.18. The fraction of sp³-hybridized carbons (Fsp3) is 0.929. The fourth-order valence-corrected chi connectivity index (χ4v) is 3.20. The largest absolute Gasteiger partial charge is 0.159 e. The lowest BCUT2D eigenvalue weighted by atomic mass is 10.1. The van der Waals surface area contributed by atoms with Gasteiger partial charge in [-0.15, -0.1) is 0 Å². The van der Waals surface area contributed by atoms with Crippen molar-refractivity contribution >= 4 is 23.5 Å². The number of hydrogen-bond donors (Lipinski definition) is 0. The van der Waals surface area contributed by atoms with Gasteiger partial charge in [-0.25, -0.2) is 0 Å². The Kier molecular flexibility index (Phi) is 12.7. The third-order valence-corrected chi connectivity index (χ3v) is 4.96. The average molecular weight is 262 g/mol. The zero-order valence-corrected chi connectivity index (χ0v) is 13.1. The first-order valence-corrected chi connectivity index (χ1v) is 8.81. The van der Waals surface area contributed by atoms with Gasteiger partial charge in [-0.3, -0.25) is 0 Å². The molecule has 0 aliphatic rings. The van der Waals surface area contributed by atoms with Crippen molar-refractivity contribution in [1.82, 2.24) is 0 Å². The summed E-state index contributed by atoms with van der Waals surface area (Å²) in [6.45, 7) is 9.17. The van der Waals surface area contributed by atoms with Gasteiger partial charge in [0.2, 0.25) is 0 Å². The number of rotatable bonds is 11. The summed E-state index contributed by atoms with van der Waals surface area (Å²) in [6, 6.07) is 0. The molecule has 0 nitrogen and oxygen atoms in total. The van der Waals surface area contributed by atoms with E-state index >= 15 is 0 Å². The predicted octanol–water partition coefficient (Wildman–Crippen LogP) is 5.42. The zero-order valence-electron chi connectivity index (χ0n) is 11.5. The molecule has 16 heavy (non-hydrogen) atoms. The zero-order chi connectivity index (χ0) is 12.2. The maximum Gasteiger partial charge on any atom is 0.00214 e. The molecule has 0 N–H and O–H groups in total. The first-order valence-electron chi connectivity index (χ1n) is 6.71. The monoisotopic (exact) mass is 261 g/mol. The van der Waals surface area contributed by atoms with Crippen molar-refractivity contribution in [1.29, 1.82) is 0 Å². The minimum atomic E-state index is 0.800. The van der Waals surface area contributed by atoms with Gasteiger partial charge >= 0.3 is 0 Å². The molecule has 0 heterocycles. The predicted molar refractivity (Wildman–Crippen MR) is 82.6 cm³/mol. The smallest absolute Gasteiger partial charge is 0.00214 e. The number of unbranched alkanes of at least 4 members (excludes halogenated alkanes) is 3. The Morgan fingerprint density at radius 1 is 1.00 bits per heavy atom. The maximum atomic E-state index is 2.49. The SMILES string of the molecule is CCCSC(C)C[CH]CCCCSC(C)C. The first-order chi connectivity index (χ1) is 7.66. The molecule has 0 aromatic rings. The molecule has 97 valence electrons. The van der Waals surface area contributed by atoms with Crippen LogP contribution in [0.4, 0.5) is 0 Å². The van der Waals surface area contributed by atoms with Gasteiger partial charge in [-0.1, -0.05) is 40.5 Å². The molecule has 1 atom stereocenters. The molecule has 0 rings (SSSR count). The third-order valence-electron chi connectivity index (χ3n) is 2.36. The van der Waals surface area contributed by atoms with Gasteiger partial charge in [0, 0.05) is 5.25 Å². The summed E-state index contributed by atoms with van der Waals surface area (Å²) in [5.41, 5.74) is 0. The summed E-state index contributed by atoms with van der Waals surface area (Å²) in [6.07, 6.45) is 9.17. The van der Waals surface area contributed by atoms with Crippen LogP contribution in [0.3, 0.4) is 0 Å². The van der Waals surface area contributed by atoms with Crippen molar-refractivity contribution < 1.29 is 0 Å². The molecule has 1 unspecified atom stereocenters. The summed E-state index contributed by atoms with van der Waals surface area (Å²) in [7, 11) is 0. The molecule has 0 aliphatic carbocycles. The molecule has 0 aliphatic heterocycles. The van der Waals surface area contributed by atoms with Crippen molar-refractivity contribution in [2.75, 3.05) is 11.5 Å². The normalized spacial score (nSPS) is 13.3. The van der Waals surface area contributed by atoms with E-state index in [0.717, 1.165) is 10.5 Å². The van der Waals surface area contributed by atoms with Crippen LogP contribution < -0.4 is 0 Å². The molecular weight excluding hydrogens is 232 g/mol. The van der Waals surface area contributed by atoms with E-state index in [1.165, 1.54) is 43.6 Å². The van der Waals surface area contributed by atoms with Gasteiger partial charge in [-0.05, 0) is 42.4 Å². The Morgan fingerprint density at radius 2 is 1.75 bits per heavy atom. The van der Waals surface area contributed by atoms with Crippen LogP contribution in [0.15, 0.2) is 0 Å². The van der Waals surface area contributed by atoms with Gasteiger partial charge in [-0.2, -0.15) is 23.5 Å². The van der Waals surface area contributed by atoms with Crippen LogP contribution in [0.2, 0.25) is 0 Å². The second-order valence-corrected chi connectivity index (χ2v) is 7.85. The molecule has 1 radical (unpaired) electrons. The quantitative estimate of drug-likeness (QED) is 0.455. The summed E-state index contributed by atoms with van der Waals surface area (Å²) >= 11 is 4.20. The van der Waals surface area contributed by atoms with Gasteiger partial charge in [0.05, 0.1) is 0 Å². The highest BCUT2D eigenvalue weighted by Gasteiger charge is 2.01. The van der Waals surface area contributed by atoms with Crippen LogP contribution in [0.5, 0.6) is 0 Å². The molecule has 0 spiro atoms. The standard InChI is InChI=1S/C14H29S2/c1-5-11-16-14(4)10-8-6-7-9-12-15-13(2)3/h8,13-14H,5-7,9-12H2,1-4H3. The van der Waals surface area contributed by atoms with Gasteiger partial charge in [0.1, 0.15) is 0 Å². The Morgan fingerprint density at radius 3 is 2.38 bits per heavy atom. The van der Waals surface area contributed by atoms with Crippen LogP contribution in [0, 0.1) is 6.42 Å². The van der Waals surface area contributed by atoms with Gasteiger partial charge in [0.25, 0.3) is 0 Å². The van der Waals surface area contributed by atoms with Gasteiger partial charge < -0.3 is 0 Å². The molecular formula is C14H29S2. The van der Waals surface area contributed by atoms with Crippen LogP contribution in [-0.2, 0) is 0 Å². The molecule has 0 aromatic heterocycles.